The minimum Gasteiger partial charge on any atom is -0.493 e. The van der Waals surface area contributed by atoms with Crippen molar-refractivity contribution in [2.45, 2.75) is 20.1 Å². The van der Waals surface area contributed by atoms with Gasteiger partial charge in [-0.05, 0) is 30.7 Å². The fourth-order valence-corrected chi connectivity index (χ4v) is 5.19. The highest BCUT2D eigenvalue weighted by molar-refractivity contribution is 7.53. The van der Waals surface area contributed by atoms with Crippen LogP contribution < -0.4 is 20.8 Å². The molecule has 41 heavy (non-hydrogen) atoms. The number of ether oxygens (including phenoxy) is 3. The minimum absolute atomic E-state index is 0.0170. The lowest BCUT2D eigenvalue weighted by molar-refractivity contribution is 0.0885. The number of carbonyl (C=O) groups excluding carboxylic acids is 1. The summed E-state index contributed by atoms with van der Waals surface area (Å²) in [6, 6.07) is 12.3. The van der Waals surface area contributed by atoms with E-state index < -0.39 is 25.5 Å². The van der Waals surface area contributed by atoms with Gasteiger partial charge in [-0.15, -0.1) is 0 Å². The number of nitrogens with one attached hydrogen (secondary N) is 1. The Morgan fingerprint density at radius 1 is 1.05 bits per heavy atom. The summed E-state index contributed by atoms with van der Waals surface area (Å²) in [5.74, 6) is 0.444. The summed E-state index contributed by atoms with van der Waals surface area (Å²) in [6.07, 6.45) is 1.38. The molecule has 2 aromatic heterocycles. The molecule has 4 rings (SSSR count). The lowest BCUT2D eigenvalue weighted by Crippen LogP contribution is -2.15. The number of aromatic amines is 1. The molecule has 0 spiro atoms. The number of hydrogen-bond acceptors (Lipinski definition) is 11. The van der Waals surface area contributed by atoms with Crippen LogP contribution in [-0.2, 0) is 31.5 Å². The van der Waals surface area contributed by atoms with Gasteiger partial charge in [0.15, 0.2) is 28.4 Å². The van der Waals surface area contributed by atoms with E-state index in [4.69, 9.17) is 29.0 Å². The summed E-state index contributed by atoms with van der Waals surface area (Å²) in [4.78, 5) is 35.4. The third-order valence-electron chi connectivity index (χ3n) is 6.13. The zero-order valence-electron chi connectivity index (χ0n) is 23.0. The molecule has 2 heterocycles. The van der Waals surface area contributed by atoms with Crippen molar-refractivity contribution in [3.8, 4) is 11.5 Å². The molecule has 0 saturated carbocycles. The number of nitrogens with zero attached hydrogens (tertiary/aromatic N) is 3. The summed E-state index contributed by atoms with van der Waals surface area (Å²) in [6.45, 7) is 2.07. The molecule has 0 radical (unpaired) electrons. The van der Waals surface area contributed by atoms with E-state index in [1.54, 1.807) is 16.7 Å². The van der Waals surface area contributed by atoms with Crippen molar-refractivity contribution in [2.24, 2.45) is 0 Å². The normalized spacial score (nSPS) is 12.8. The average molecular weight is 586 g/mol. The van der Waals surface area contributed by atoms with E-state index >= 15 is 0 Å². The van der Waals surface area contributed by atoms with Crippen molar-refractivity contribution >= 4 is 30.5 Å². The molecule has 0 aliphatic heterocycles. The fraction of sp³-hybridized carbons (Fsp3) is 0.333. The molecule has 1 atom stereocenters. The Labute approximate surface area is 236 Å². The molecule has 3 N–H and O–H groups in total. The Balaban J connectivity index is 1.37. The van der Waals surface area contributed by atoms with Gasteiger partial charge in [0.1, 0.15) is 6.61 Å². The first-order chi connectivity index (χ1) is 19.7. The Hall–Kier alpha value is -4.03. The van der Waals surface area contributed by atoms with Gasteiger partial charge in [0.05, 0.1) is 46.5 Å². The molecule has 1 unspecified atom stereocenters. The number of ketones is 1. The third-order valence-corrected chi connectivity index (χ3v) is 7.90. The van der Waals surface area contributed by atoms with E-state index in [2.05, 4.69) is 15.0 Å². The van der Waals surface area contributed by atoms with Gasteiger partial charge in [-0.1, -0.05) is 29.8 Å². The number of anilines is 1. The molecule has 0 fully saturated rings. The number of Topliss-reactive ketones (excluding diaryl/α,β-unsaturated/α-hetero) is 1. The average Bonchev–Trinajstić information content (AvgIpc) is 3.38. The fourth-order valence-electron chi connectivity index (χ4n) is 3.85. The highest BCUT2D eigenvalue weighted by Gasteiger charge is 2.27. The first-order valence-electron chi connectivity index (χ1n) is 12.7. The summed E-state index contributed by atoms with van der Waals surface area (Å²) in [5, 5.41) is 0. The first kappa shape index (κ1) is 29.9. The highest BCUT2D eigenvalue weighted by Crippen LogP contribution is 2.48. The summed E-state index contributed by atoms with van der Waals surface area (Å²) >= 11 is 0. The molecule has 0 amide bonds. The zero-order valence-corrected chi connectivity index (χ0v) is 23.9. The quantitative estimate of drug-likeness (QED) is 0.119. The molecular weight excluding hydrogens is 553 g/mol. The van der Waals surface area contributed by atoms with E-state index in [0.29, 0.717) is 29.3 Å². The number of fused-ring (bicyclic) bond motifs is 1. The number of benzene rings is 2. The second kappa shape index (κ2) is 13.6. The van der Waals surface area contributed by atoms with E-state index in [9.17, 15) is 14.2 Å². The van der Waals surface area contributed by atoms with Crippen LogP contribution in [0, 0.1) is 6.92 Å². The Morgan fingerprint density at radius 2 is 1.80 bits per heavy atom. The predicted molar refractivity (Wildman–Crippen MR) is 152 cm³/mol. The molecular formula is C27H32N5O8P. The van der Waals surface area contributed by atoms with Crippen LogP contribution in [0.3, 0.4) is 0 Å². The lowest BCUT2D eigenvalue weighted by atomic mass is 10.1. The number of methoxy groups -OCH3 is 2. The van der Waals surface area contributed by atoms with Gasteiger partial charge < -0.3 is 33.6 Å². The van der Waals surface area contributed by atoms with Crippen molar-refractivity contribution in [3.05, 3.63) is 75.8 Å². The molecule has 2 aromatic carbocycles. The minimum atomic E-state index is -3.75. The molecule has 0 aliphatic rings. The number of aryl methyl sites for hydroxylation is 1. The monoisotopic (exact) mass is 585 g/mol. The maximum atomic E-state index is 13.7. The Bertz CT molecular complexity index is 1600. The van der Waals surface area contributed by atoms with Gasteiger partial charge in [-0.25, -0.2) is 4.98 Å². The SMILES string of the molecule is COc1ccc(C(=O)COP(=O)(CCOCCn2cnc3c(=O)[nH]c(N)nc32)OCc2ccc(C)cc2)cc1OC. The van der Waals surface area contributed by atoms with Crippen LogP contribution in [0.4, 0.5) is 5.95 Å². The molecule has 4 aromatic rings. The zero-order chi connectivity index (χ0) is 29.4. The summed E-state index contributed by atoms with van der Waals surface area (Å²) < 4.78 is 42.8. The third kappa shape index (κ3) is 7.80. The van der Waals surface area contributed by atoms with Crippen LogP contribution in [-0.4, -0.2) is 65.5 Å². The Morgan fingerprint density at radius 3 is 2.54 bits per heavy atom. The van der Waals surface area contributed by atoms with Crippen LogP contribution in [0.2, 0.25) is 0 Å². The maximum Gasteiger partial charge on any atom is 0.333 e. The van der Waals surface area contributed by atoms with Gasteiger partial charge in [0.25, 0.3) is 5.56 Å². The summed E-state index contributed by atoms with van der Waals surface area (Å²) in [7, 11) is -0.786. The number of hydrogen-bond donors (Lipinski definition) is 2. The van der Waals surface area contributed by atoms with Crippen molar-refractivity contribution in [1.82, 2.24) is 19.5 Å². The maximum absolute atomic E-state index is 13.7. The van der Waals surface area contributed by atoms with Gasteiger partial charge >= 0.3 is 7.60 Å². The van der Waals surface area contributed by atoms with E-state index in [1.165, 1.54) is 26.6 Å². The Kier molecular flexibility index (Phi) is 9.90. The van der Waals surface area contributed by atoms with Crippen LogP contribution in [0.1, 0.15) is 21.5 Å². The number of nitrogens with two attached hydrogens (primary N) is 1. The largest absolute Gasteiger partial charge is 0.493 e. The second-order valence-corrected chi connectivity index (χ2v) is 11.2. The van der Waals surface area contributed by atoms with Crippen LogP contribution in [0.15, 0.2) is 53.6 Å². The van der Waals surface area contributed by atoms with Crippen LogP contribution >= 0.6 is 7.60 Å². The second-order valence-electron chi connectivity index (χ2n) is 9.03. The first-order valence-corrected chi connectivity index (χ1v) is 14.4. The lowest BCUT2D eigenvalue weighted by Gasteiger charge is -2.19. The van der Waals surface area contributed by atoms with Crippen LogP contribution in [0.5, 0.6) is 11.5 Å². The highest BCUT2D eigenvalue weighted by atomic mass is 31.2. The molecule has 0 aliphatic carbocycles. The number of aromatic nitrogens is 4. The number of H-pyrrole nitrogens is 1. The number of carbonyl (C=O) groups is 1. The van der Waals surface area contributed by atoms with Gasteiger partial charge in [0, 0.05) is 12.1 Å². The number of nitrogen functional groups attached to an aromatic ring is 1. The molecule has 0 bridgehead atoms. The molecule has 0 saturated heterocycles. The van der Waals surface area contributed by atoms with Gasteiger partial charge in [-0.2, -0.15) is 4.98 Å². The predicted octanol–water partition coefficient (Wildman–Crippen LogP) is 3.35. The van der Waals surface area contributed by atoms with E-state index in [1.807, 2.05) is 31.2 Å². The van der Waals surface area contributed by atoms with Crippen molar-refractivity contribution in [3.63, 3.8) is 0 Å². The topological polar surface area (TPSA) is 170 Å². The number of imidazole rings is 1. The van der Waals surface area contributed by atoms with Crippen molar-refractivity contribution in [2.75, 3.05) is 45.9 Å². The summed E-state index contributed by atoms with van der Waals surface area (Å²) in [5.41, 5.74) is 7.90. The molecule has 218 valence electrons. The van der Waals surface area contributed by atoms with Crippen LogP contribution in [0.25, 0.3) is 11.2 Å². The molecule has 13 nitrogen and oxygen atoms in total. The van der Waals surface area contributed by atoms with Gasteiger partial charge in [-0.3, -0.25) is 19.1 Å². The van der Waals surface area contributed by atoms with E-state index in [-0.39, 0.29) is 37.4 Å². The smallest absolute Gasteiger partial charge is 0.333 e. The van der Waals surface area contributed by atoms with Crippen molar-refractivity contribution < 1.29 is 32.6 Å². The van der Waals surface area contributed by atoms with Crippen molar-refractivity contribution in [1.29, 1.82) is 0 Å². The van der Waals surface area contributed by atoms with E-state index in [0.717, 1.165) is 11.1 Å². The molecule has 14 heteroatoms. The standard InChI is InChI=1S/C27H32N5O8P/c1-18-4-6-19(7-5-18)15-39-41(35,40-16-21(33)20-8-9-22(36-2)23(14-20)37-3)13-12-38-11-10-32-17-29-24-25(32)30-27(28)31-26(24)34/h4-9,14,17H,10-13,15-16H2,1-3H3,(H3,28,30,31,34). The number of rotatable bonds is 15. The van der Waals surface area contributed by atoms with Gasteiger partial charge in [0.2, 0.25) is 5.95 Å².